The molecule has 2 aromatic carbocycles. The molecule has 1 N–H and O–H groups in total. The summed E-state index contributed by atoms with van der Waals surface area (Å²) in [5.41, 5.74) is 1.89. The zero-order valence-electron chi connectivity index (χ0n) is 15.2. The minimum Gasteiger partial charge on any atom is -0.496 e. The van der Waals surface area contributed by atoms with Gasteiger partial charge in [-0.1, -0.05) is 30.3 Å². The lowest BCUT2D eigenvalue weighted by Gasteiger charge is -2.36. The van der Waals surface area contributed by atoms with E-state index in [-0.39, 0.29) is 5.91 Å². The average molecular weight is 495 g/mol. The van der Waals surface area contributed by atoms with Crippen LogP contribution in [0.2, 0.25) is 0 Å². The molecule has 0 aliphatic carbocycles. The van der Waals surface area contributed by atoms with Crippen molar-refractivity contribution in [3.8, 4) is 5.75 Å². The predicted octanol–water partition coefficient (Wildman–Crippen LogP) is 3.13. The van der Waals surface area contributed by atoms with Crippen molar-refractivity contribution in [2.45, 2.75) is 6.54 Å². The number of thiocarbonyl (C=S) groups is 1. The van der Waals surface area contributed by atoms with Gasteiger partial charge in [0.1, 0.15) is 5.75 Å². The first-order valence-electron chi connectivity index (χ1n) is 8.77. The number of rotatable bonds is 4. The highest BCUT2D eigenvalue weighted by Gasteiger charge is 2.20. The molecule has 1 aliphatic heterocycles. The van der Waals surface area contributed by atoms with Crippen molar-refractivity contribution in [3.63, 3.8) is 0 Å². The number of carbonyl (C=O) groups is 1. The summed E-state index contributed by atoms with van der Waals surface area (Å²) < 4.78 is 6.12. The van der Waals surface area contributed by atoms with Gasteiger partial charge in [0.05, 0.1) is 10.7 Å². The Bertz CT molecular complexity index is 808. The van der Waals surface area contributed by atoms with Crippen LogP contribution in [0.5, 0.6) is 5.75 Å². The third kappa shape index (κ3) is 5.40. The third-order valence-corrected chi connectivity index (χ3v) is 5.75. The zero-order valence-corrected chi connectivity index (χ0v) is 18.1. The van der Waals surface area contributed by atoms with Crippen molar-refractivity contribution in [2.24, 2.45) is 0 Å². The van der Waals surface area contributed by atoms with Gasteiger partial charge in [0.2, 0.25) is 0 Å². The van der Waals surface area contributed by atoms with E-state index in [1.807, 2.05) is 6.07 Å². The van der Waals surface area contributed by atoms with Crippen LogP contribution in [0, 0.1) is 3.57 Å². The molecule has 5 nitrogen and oxygen atoms in total. The minimum atomic E-state index is -0.188. The molecule has 2 aromatic rings. The molecule has 7 heteroatoms. The van der Waals surface area contributed by atoms with Crippen molar-refractivity contribution < 1.29 is 9.53 Å². The van der Waals surface area contributed by atoms with Crippen LogP contribution in [0.25, 0.3) is 0 Å². The summed E-state index contributed by atoms with van der Waals surface area (Å²) in [4.78, 5) is 16.9. The van der Waals surface area contributed by atoms with Gasteiger partial charge >= 0.3 is 0 Å². The fourth-order valence-electron chi connectivity index (χ4n) is 3.01. The Labute approximate surface area is 178 Å². The number of hydrogen-bond donors (Lipinski definition) is 1. The van der Waals surface area contributed by atoms with Gasteiger partial charge < -0.3 is 9.64 Å². The van der Waals surface area contributed by atoms with Gasteiger partial charge in [-0.05, 0) is 58.6 Å². The standard InChI is InChI=1S/C20H22IN3O2S/c1-26-18-8-7-16(13-17(18)21)19(25)22-20(27)24-11-9-23(10-12-24)14-15-5-3-2-4-6-15/h2-8,13H,9-12,14H2,1H3,(H,22,25,27). The van der Waals surface area contributed by atoms with E-state index in [1.165, 1.54) is 5.56 Å². The second-order valence-electron chi connectivity index (χ2n) is 6.36. The maximum atomic E-state index is 12.5. The summed E-state index contributed by atoms with van der Waals surface area (Å²) in [6, 6.07) is 15.8. The number of benzene rings is 2. The SMILES string of the molecule is COc1ccc(C(=O)NC(=S)N2CCN(Cc3ccccc3)CC2)cc1I. The number of amides is 1. The summed E-state index contributed by atoms with van der Waals surface area (Å²) in [5, 5.41) is 3.34. The van der Waals surface area contributed by atoms with E-state index < -0.39 is 0 Å². The number of methoxy groups -OCH3 is 1. The van der Waals surface area contributed by atoms with Crippen LogP contribution in [-0.4, -0.2) is 54.1 Å². The first-order chi connectivity index (χ1) is 13.1. The lowest BCUT2D eigenvalue weighted by Crippen LogP contribution is -2.52. The topological polar surface area (TPSA) is 44.8 Å². The van der Waals surface area contributed by atoms with Gasteiger partial charge in [0.15, 0.2) is 5.11 Å². The van der Waals surface area contributed by atoms with Crippen LogP contribution >= 0.6 is 34.8 Å². The van der Waals surface area contributed by atoms with Crippen molar-refractivity contribution in [3.05, 3.63) is 63.2 Å². The van der Waals surface area contributed by atoms with Crippen molar-refractivity contribution in [2.75, 3.05) is 33.3 Å². The van der Waals surface area contributed by atoms with Crippen LogP contribution in [0.15, 0.2) is 48.5 Å². The second-order valence-corrected chi connectivity index (χ2v) is 7.91. The molecule has 0 bridgehead atoms. The van der Waals surface area contributed by atoms with E-state index in [1.54, 1.807) is 25.3 Å². The molecule has 3 rings (SSSR count). The van der Waals surface area contributed by atoms with Gasteiger partial charge in [0, 0.05) is 38.3 Å². The fourth-order valence-corrected chi connectivity index (χ4v) is 4.02. The Morgan fingerprint density at radius 2 is 1.85 bits per heavy atom. The number of ether oxygens (including phenoxy) is 1. The van der Waals surface area contributed by atoms with E-state index in [2.05, 4.69) is 62.0 Å². The molecule has 1 aliphatic rings. The van der Waals surface area contributed by atoms with Crippen LogP contribution < -0.4 is 10.1 Å². The summed E-state index contributed by atoms with van der Waals surface area (Å²) in [7, 11) is 1.61. The maximum absolute atomic E-state index is 12.5. The molecular formula is C20H22IN3O2S. The molecule has 1 heterocycles. The smallest absolute Gasteiger partial charge is 0.257 e. The summed E-state index contributed by atoms with van der Waals surface area (Å²) in [6.07, 6.45) is 0. The van der Waals surface area contributed by atoms with Crippen LogP contribution in [0.3, 0.4) is 0 Å². The molecule has 0 radical (unpaired) electrons. The molecule has 0 saturated carbocycles. The molecule has 142 valence electrons. The second kappa shape index (κ2) is 9.48. The molecule has 0 unspecified atom stereocenters. The number of piperazine rings is 1. The summed E-state index contributed by atoms with van der Waals surface area (Å²) in [5.74, 6) is 0.566. The van der Waals surface area contributed by atoms with Gasteiger partial charge in [-0.25, -0.2) is 0 Å². The van der Waals surface area contributed by atoms with E-state index in [0.29, 0.717) is 10.7 Å². The monoisotopic (exact) mass is 495 g/mol. The van der Waals surface area contributed by atoms with Crippen LogP contribution in [0.1, 0.15) is 15.9 Å². The Hall–Kier alpha value is -1.71. The predicted molar refractivity (Wildman–Crippen MR) is 119 cm³/mol. The van der Waals surface area contributed by atoms with Gasteiger partial charge in [-0.15, -0.1) is 0 Å². The van der Waals surface area contributed by atoms with E-state index >= 15 is 0 Å². The largest absolute Gasteiger partial charge is 0.496 e. The van der Waals surface area contributed by atoms with Crippen molar-refractivity contribution in [1.29, 1.82) is 0 Å². The van der Waals surface area contributed by atoms with Crippen molar-refractivity contribution in [1.82, 2.24) is 15.1 Å². The lowest BCUT2D eigenvalue weighted by atomic mass is 10.2. The maximum Gasteiger partial charge on any atom is 0.257 e. The molecule has 0 spiro atoms. The lowest BCUT2D eigenvalue weighted by molar-refractivity contribution is 0.0969. The number of carbonyl (C=O) groups excluding carboxylic acids is 1. The highest BCUT2D eigenvalue weighted by Crippen LogP contribution is 2.21. The Kier molecular flexibility index (Phi) is 7.03. The number of nitrogens with zero attached hydrogens (tertiary/aromatic N) is 2. The highest BCUT2D eigenvalue weighted by atomic mass is 127. The van der Waals surface area contributed by atoms with E-state index in [0.717, 1.165) is 42.0 Å². The molecule has 27 heavy (non-hydrogen) atoms. The molecule has 1 amide bonds. The molecule has 0 aromatic heterocycles. The van der Waals surface area contributed by atoms with E-state index in [9.17, 15) is 4.79 Å². The normalized spacial score (nSPS) is 14.7. The summed E-state index contributed by atoms with van der Waals surface area (Å²) >= 11 is 7.60. The molecule has 0 atom stereocenters. The van der Waals surface area contributed by atoms with Gasteiger partial charge in [-0.3, -0.25) is 15.0 Å². The van der Waals surface area contributed by atoms with Crippen LogP contribution in [0.4, 0.5) is 0 Å². The number of hydrogen-bond acceptors (Lipinski definition) is 4. The zero-order chi connectivity index (χ0) is 19.2. The Balaban J connectivity index is 1.50. The van der Waals surface area contributed by atoms with Gasteiger partial charge in [0.25, 0.3) is 5.91 Å². The number of nitrogens with one attached hydrogen (secondary N) is 1. The average Bonchev–Trinajstić information content (AvgIpc) is 2.69. The first-order valence-corrected chi connectivity index (χ1v) is 10.3. The van der Waals surface area contributed by atoms with Gasteiger partial charge in [-0.2, -0.15) is 0 Å². The van der Waals surface area contributed by atoms with Crippen molar-refractivity contribution >= 4 is 45.8 Å². The fraction of sp³-hybridized carbons (Fsp3) is 0.300. The highest BCUT2D eigenvalue weighted by molar-refractivity contribution is 14.1. The van der Waals surface area contributed by atoms with Crippen LogP contribution in [-0.2, 0) is 6.54 Å². The first kappa shape index (κ1) is 20.0. The molecular weight excluding hydrogens is 473 g/mol. The number of halogens is 1. The minimum absolute atomic E-state index is 0.188. The molecule has 1 fully saturated rings. The third-order valence-electron chi connectivity index (χ3n) is 4.54. The Morgan fingerprint density at radius 1 is 1.15 bits per heavy atom. The van der Waals surface area contributed by atoms with E-state index in [4.69, 9.17) is 17.0 Å². The quantitative estimate of drug-likeness (QED) is 0.522. The Morgan fingerprint density at radius 3 is 2.48 bits per heavy atom. The summed E-state index contributed by atoms with van der Waals surface area (Å²) in [6.45, 7) is 4.41. The molecule has 1 saturated heterocycles.